The lowest BCUT2D eigenvalue weighted by Gasteiger charge is -2.48. The summed E-state index contributed by atoms with van der Waals surface area (Å²) in [5.41, 5.74) is -0.424. The number of aromatic carboxylic acids is 1. The molecular weight excluding hydrogens is 296 g/mol. The summed E-state index contributed by atoms with van der Waals surface area (Å²) in [6, 6.07) is 2.73. The number of aromatic nitrogens is 1. The van der Waals surface area contributed by atoms with Gasteiger partial charge in [0, 0.05) is 12.7 Å². The van der Waals surface area contributed by atoms with Gasteiger partial charge in [-0.3, -0.25) is 9.78 Å². The fraction of sp³-hybridized carbons (Fsp3) is 0.588. The molecule has 1 saturated heterocycles. The second-order valence-electron chi connectivity index (χ2n) is 7.15. The van der Waals surface area contributed by atoms with E-state index in [0.717, 1.165) is 25.7 Å². The Morgan fingerprint density at radius 2 is 1.96 bits per heavy atom. The van der Waals surface area contributed by atoms with Crippen LogP contribution in [-0.4, -0.2) is 51.2 Å². The van der Waals surface area contributed by atoms with Crippen molar-refractivity contribution in [2.24, 2.45) is 0 Å². The van der Waals surface area contributed by atoms with Gasteiger partial charge in [0.25, 0.3) is 5.91 Å². The van der Waals surface area contributed by atoms with E-state index in [2.05, 4.69) is 4.98 Å². The van der Waals surface area contributed by atoms with E-state index in [9.17, 15) is 9.59 Å². The zero-order valence-corrected chi connectivity index (χ0v) is 13.5. The van der Waals surface area contributed by atoms with Crippen LogP contribution in [0.15, 0.2) is 18.3 Å². The molecule has 2 aliphatic rings. The summed E-state index contributed by atoms with van der Waals surface area (Å²) in [4.78, 5) is 29.7. The molecule has 1 saturated carbocycles. The van der Waals surface area contributed by atoms with Crippen molar-refractivity contribution in [3.63, 3.8) is 0 Å². The smallest absolute Gasteiger partial charge is 0.335 e. The van der Waals surface area contributed by atoms with Crippen LogP contribution >= 0.6 is 0 Å². The predicted molar refractivity (Wildman–Crippen MR) is 83.5 cm³/mol. The second kappa shape index (κ2) is 5.60. The lowest BCUT2D eigenvalue weighted by molar-refractivity contribution is -0.184. The Balaban J connectivity index is 1.86. The second-order valence-corrected chi connectivity index (χ2v) is 7.15. The molecule has 6 nitrogen and oxygen atoms in total. The molecule has 1 spiro atoms. The van der Waals surface area contributed by atoms with E-state index in [0.29, 0.717) is 13.1 Å². The molecule has 0 radical (unpaired) electrons. The number of pyridine rings is 1. The Hall–Kier alpha value is -1.95. The van der Waals surface area contributed by atoms with E-state index in [4.69, 9.17) is 9.84 Å². The first-order chi connectivity index (χ1) is 10.8. The van der Waals surface area contributed by atoms with Gasteiger partial charge in [-0.25, -0.2) is 4.79 Å². The number of amides is 1. The fourth-order valence-electron chi connectivity index (χ4n) is 3.78. The molecule has 124 valence electrons. The molecule has 23 heavy (non-hydrogen) atoms. The Labute approximate surface area is 135 Å². The van der Waals surface area contributed by atoms with Gasteiger partial charge in [-0.2, -0.15) is 0 Å². The van der Waals surface area contributed by atoms with E-state index in [1.807, 2.05) is 13.8 Å². The average molecular weight is 318 g/mol. The Morgan fingerprint density at radius 3 is 2.61 bits per heavy atom. The highest BCUT2D eigenvalue weighted by atomic mass is 16.5. The minimum Gasteiger partial charge on any atom is -0.478 e. The van der Waals surface area contributed by atoms with E-state index >= 15 is 0 Å². The largest absolute Gasteiger partial charge is 0.478 e. The number of ether oxygens (including phenoxy) is 1. The van der Waals surface area contributed by atoms with Gasteiger partial charge in [0.15, 0.2) is 0 Å². The lowest BCUT2D eigenvalue weighted by atomic mass is 9.94. The molecule has 6 heteroatoms. The number of carboxylic acid groups (broad SMARTS) is 1. The summed E-state index contributed by atoms with van der Waals surface area (Å²) >= 11 is 0. The van der Waals surface area contributed by atoms with Crippen LogP contribution in [0.3, 0.4) is 0 Å². The van der Waals surface area contributed by atoms with Gasteiger partial charge in [-0.15, -0.1) is 0 Å². The van der Waals surface area contributed by atoms with Crippen LogP contribution in [0, 0.1) is 0 Å². The minimum absolute atomic E-state index is 0.0754. The molecule has 0 unspecified atom stereocenters. The topological polar surface area (TPSA) is 79.7 Å². The standard InChI is InChI=1S/C17H22N2O4/c1-16(2)10-19(11-17(23-16)6-3-4-7-17)14(20)13-9-12(15(21)22)5-8-18-13/h5,8-9H,3-4,6-7,10-11H2,1-2H3,(H,21,22). The molecule has 1 N–H and O–H groups in total. The number of morpholine rings is 1. The summed E-state index contributed by atoms with van der Waals surface area (Å²) in [5.74, 6) is -1.29. The molecule has 1 aliphatic heterocycles. The van der Waals surface area contributed by atoms with E-state index in [1.165, 1.54) is 18.3 Å². The fourth-order valence-corrected chi connectivity index (χ4v) is 3.78. The van der Waals surface area contributed by atoms with Crippen molar-refractivity contribution in [2.75, 3.05) is 13.1 Å². The SMILES string of the molecule is CC1(C)CN(C(=O)c2cc(C(=O)O)ccn2)CC2(CCCC2)O1. The maximum atomic E-state index is 12.8. The van der Waals surface area contributed by atoms with E-state index < -0.39 is 11.6 Å². The molecule has 1 amide bonds. The van der Waals surface area contributed by atoms with Gasteiger partial charge >= 0.3 is 5.97 Å². The number of carbonyl (C=O) groups is 2. The third kappa shape index (κ3) is 3.22. The van der Waals surface area contributed by atoms with Crippen LogP contribution < -0.4 is 0 Å². The average Bonchev–Trinajstić information content (AvgIpc) is 2.92. The van der Waals surface area contributed by atoms with Gasteiger partial charge in [0.2, 0.25) is 0 Å². The normalized spacial score (nSPS) is 22.3. The van der Waals surface area contributed by atoms with Crippen LogP contribution in [0.1, 0.15) is 60.4 Å². The first-order valence-corrected chi connectivity index (χ1v) is 7.99. The van der Waals surface area contributed by atoms with Crippen LogP contribution in [0.25, 0.3) is 0 Å². The third-order valence-corrected chi connectivity index (χ3v) is 4.57. The lowest BCUT2D eigenvalue weighted by Crippen LogP contribution is -2.60. The number of rotatable bonds is 2. The maximum absolute atomic E-state index is 12.8. The van der Waals surface area contributed by atoms with Crippen LogP contribution in [0.4, 0.5) is 0 Å². The van der Waals surface area contributed by atoms with Gasteiger partial charge in [-0.1, -0.05) is 12.8 Å². The zero-order chi connectivity index (χ0) is 16.7. The number of carbonyl (C=O) groups excluding carboxylic acids is 1. The van der Waals surface area contributed by atoms with Crippen molar-refractivity contribution in [3.05, 3.63) is 29.6 Å². The molecular formula is C17H22N2O4. The first kappa shape index (κ1) is 15.9. The van der Waals surface area contributed by atoms with Gasteiger partial charge in [0.1, 0.15) is 5.69 Å². The molecule has 0 atom stereocenters. The summed E-state index contributed by atoms with van der Waals surface area (Å²) < 4.78 is 6.29. The Morgan fingerprint density at radius 1 is 1.26 bits per heavy atom. The van der Waals surface area contributed by atoms with Crippen molar-refractivity contribution in [1.82, 2.24) is 9.88 Å². The molecule has 0 aromatic carbocycles. The van der Waals surface area contributed by atoms with Gasteiger partial charge in [0.05, 0.1) is 23.3 Å². The molecule has 1 aromatic heterocycles. The molecule has 0 bridgehead atoms. The van der Waals surface area contributed by atoms with E-state index in [-0.39, 0.29) is 22.8 Å². The van der Waals surface area contributed by atoms with Crippen LogP contribution in [-0.2, 0) is 4.74 Å². The molecule has 1 aliphatic carbocycles. The number of hydrogen-bond acceptors (Lipinski definition) is 4. The molecule has 2 heterocycles. The number of hydrogen-bond donors (Lipinski definition) is 1. The van der Waals surface area contributed by atoms with Gasteiger partial charge in [-0.05, 0) is 38.8 Å². The summed E-state index contributed by atoms with van der Waals surface area (Å²) in [7, 11) is 0. The van der Waals surface area contributed by atoms with Crippen LogP contribution in [0.2, 0.25) is 0 Å². The monoisotopic (exact) mass is 318 g/mol. The summed E-state index contributed by atoms with van der Waals surface area (Å²) in [5, 5.41) is 9.08. The van der Waals surface area contributed by atoms with Crippen molar-refractivity contribution < 1.29 is 19.4 Å². The Bertz CT molecular complexity index is 635. The Kier molecular flexibility index (Phi) is 3.88. The first-order valence-electron chi connectivity index (χ1n) is 7.99. The quantitative estimate of drug-likeness (QED) is 0.905. The van der Waals surface area contributed by atoms with E-state index in [1.54, 1.807) is 4.90 Å². The van der Waals surface area contributed by atoms with Crippen LogP contribution in [0.5, 0.6) is 0 Å². The van der Waals surface area contributed by atoms with Crippen molar-refractivity contribution >= 4 is 11.9 Å². The number of carboxylic acids is 1. The highest BCUT2D eigenvalue weighted by Gasteiger charge is 2.47. The van der Waals surface area contributed by atoms with Crippen molar-refractivity contribution in [3.8, 4) is 0 Å². The highest BCUT2D eigenvalue weighted by Crippen LogP contribution is 2.40. The third-order valence-electron chi connectivity index (χ3n) is 4.57. The highest BCUT2D eigenvalue weighted by molar-refractivity contribution is 5.96. The predicted octanol–water partition coefficient (Wildman–Crippen LogP) is 2.34. The minimum atomic E-state index is -1.06. The summed E-state index contributed by atoms with van der Waals surface area (Å²) in [6.45, 7) is 5.02. The molecule has 3 rings (SSSR count). The number of nitrogens with zero attached hydrogens (tertiary/aromatic N) is 2. The van der Waals surface area contributed by atoms with Crippen molar-refractivity contribution in [2.45, 2.75) is 50.7 Å². The zero-order valence-electron chi connectivity index (χ0n) is 13.5. The van der Waals surface area contributed by atoms with Gasteiger partial charge < -0.3 is 14.7 Å². The molecule has 2 fully saturated rings. The molecule has 1 aromatic rings. The maximum Gasteiger partial charge on any atom is 0.335 e. The summed E-state index contributed by atoms with van der Waals surface area (Å²) in [6.07, 6.45) is 5.52. The van der Waals surface area contributed by atoms with Crippen molar-refractivity contribution in [1.29, 1.82) is 0 Å².